The van der Waals surface area contributed by atoms with Crippen molar-refractivity contribution in [3.8, 4) is 0 Å². The highest BCUT2D eigenvalue weighted by Crippen LogP contribution is 2.36. The molecule has 1 aromatic carbocycles. The van der Waals surface area contributed by atoms with E-state index in [9.17, 15) is 0 Å². The molecule has 0 aliphatic heterocycles. The van der Waals surface area contributed by atoms with Crippen molar-refractivity contribution in [2.24, 2.45) is 5.92 Å². The molecular formula is C18H31NO. The average molecular weight is 277 g/mol. The lowest BCUT2D eigenvalue weighted by Gasteiger charge is -2.45. The van der Waals surface area contributed by atoms with Crippen molar-refractivity contribution in [3.05, 3.63) is 35.9 Å². The first-order chi connectivity index (χ1) is 9.02. The van der Waals surface area contributed by atoms with Gasteiger partial charge >= 0.3 is 0 Å². The molecule has 1 atom stereocenters. The minimum atomic E-state index is -0.199. The van der Waals surface area contributed by atoms with Crippen molar-refractivity contribution < 1.29 is 4.84 Å². The zero-order valence-electron chi connectivity index (χ0n) is 14.4. The molecule has 0 amide bonds. The number of hydrogen-bond donors (Lipinski definition) is 0. The van der Waals surface area contributed by atoms with Crippen molar-refractivity contribution in [2.75, 3.05) is 0 Å². The van der Waals surface area contributed by atoms with E-state index in [-0.39, 0.29) is 17.2 Å². The lowest BCUT2D eigenvalue weighted by atomic mass is 9.92. The summed E-state index contributed by atoms with van der Waals surface area (Å²) in [7, 11) is 0. The molecule has 0 aromatic heterocycles. The van der Waals surface area contributed by atoms with Crippen LogP contribution in [0.15, 0.2) is 30.3 Å². The molecule has 0 saturated heterocycles. The van der Waals surface area contributed by atoms with Gasteiger partial charge < -0.3 is 0 Å². The zero-order chi connectivity index (χ0) is 15.6. The molecule has 114 valence electrons. The molecule has 2 heteroatoms. The van der Waals surface area contributed by atoms with Crippen LogP contribution in [0, 0.1) is 5.92 Å². The van der Waals surface area contributed by atoms with E-state index in [4.69, 9.17) is 4.84 Å². The Morgan fingerprint density at radius 2 is 1.40 bits per heavy atom. The second-order valence-electron chi connectivity index (χ2n) is 7.80. The molecule has 0 bridgehead atoms. The van der Waals surface area contributed by atoms with Crippen molar-refractivity contribution in [1.82, 2.24) is 5.06 Å². The third kappa shape index (κ3) is 4.92. The summed E-state index contributed by atoms with van der Waals surface area (Å²) < 4.78 is 0. The van der Waals surface area contributed by atoms with Gasteiger partial charge in [-0.25, -0.2) is 0 Å². The number of hydrogen-bond acceptors (Lipinski definition) is 2. The molecule has 0 fully saturated rings. The summed E-state index contributed by atoms with van der Waals surface area (Å²) in [5.41, 5.74) is 1.05. The average Bonchev–Trinajstić information content (AvgIpc) is 2.26. The highest BCUT2D eigenvalue weighted by molar-refractivity contribution is 5.19. The van der Waals surface area contributed by atoms with Crippen LogP contribution in [0.25, 0.3) is 0 Å². The van der Waals surface area contributed by atoms with Crippen molar-refractivity contribution in [2.45, 2.75) is 72.6 Å². The van der Waals surface area contributed by atoms with Crippen LogP contribution in [-0.4, -0.2) is 16.2 Å². The quantitative estimate of drug-likeness (QED) is 0.700. The normalized spacial score (nSPS) is 14.9. The maximum absolute atomic E-state index is 6.31. The van der Waals surface area contributed by atoms with Crippen LogP contribution < -0.4 is 0 Å². The van der Waals surface area contributed by atoms with Crippen LogP contribution >= 0.6 is 0 Å². The van der Waals surface area contributed by atoms with Gasteiger partial charge in [0.2, 0.25) is 0 Å². The van der Waals surface area contributed by atoms with Crippen LogP contribution in [0.3, 0.4) is 0 Å². The zero-order valence-corrected chi connectivity index (χ0v) is 14.4. The summed E-state index contributed by atoms with van der Waals surface area (Å²) in [6.45, 7) is 17.4. The second kappa shape index (κ2) is 6.28. The summed E-state index contributed by atoms with van der Waals surface area (Å²) in [6.07, 6.45) is 0. The summed E-state index contributed by atoms with van der Waals surface area (Å²) >= 11 is 0. The SMILES string of the molecule is CC(C)C(c1ccccc1)N(OC(C)(C)C)C(C)(C)C. The molecule has 1 aromatic rings. The van der Waals surface area contributed by atoms with Crippen LogP contribution in [0.1, 0.15) is 67.0 Å². The standard InChI is InChI=1S/C18H31NO/c1-14(2)16(15-12-10-9-11-13-15)19(17(3,4)5)20-18(6,7)8/h9-14,16H,1-8H3. The lowest BCUT2D eigenvalue weighted by molar-refractivity contribution is -0.296. The fourth-order valence-electron chi connectivity index (χ4n) is 2.35. The van der Waals surface area contributed by atoms with Gasteiger partial charge in [-0.2, -0.15) is 5.06 Å². The lowest BCUT2D eigenvalue weighted by Crippen LogP contribution is -2.49. The molecule has 0 aliphatic rings. The van der Waals surface area contributed by atoms with E-state index in [2.05, 4.69) is 90.8 Å². The second-order valence-corrected chi connectivity index (χ2v) is 7.80. The Labute approximate surface area is 125 Å². The monoisotopic (exact) mass is 277 g/mol. The summed E-state index contributed by atoms with van der Waals surface area (Å²) in [5, 5.41) is 2.17. The summed E-state index contributed by atoms with van der Waals surface area (Å²) in [5.74, 6) is 0.471. The predicted molar refractivity (Wildman–Crippen MR) is 86.5 cm³/mol. The highest BCUT2D eigenvalue weighted by atomic mass is 16.7. The van der Waals surface area contributed by atoms with E-state index in [0.717, 1.165) is 0 Å². The smallest absolute Gasteiger partial charge is 0.0816 e. The number of rotatable bonds is 4. The Kier molecular flexibility index (Phi) is 5.39. The van der Waals surface area contributed by atoms with Crippen LogP contribution in [0.4, 0.5) is 0 Å². The third-order valence-corrected chi connectivity index (χ3v) is 3.06. The van der Waals surface area contributed by atoms with Gasteiger partial charge in [0.25, 0.3) is 0 Å². The molecule has 1 rings (SSSR count). The third-order valence-electron chi connectivity index (χ3n) is 3.06. The van der Waals surface area contributed by atoms with Gasteiger partial charge in [0.1, 0.15) is 0 Å². The van der Waals surface area contributed by atoms with Gasteiger partial charge in [-0.05, 0) is 53.0 Å². The molecular weight excluding hydrogens is 246 g/mol. The van der Waals surface area contributed by atoms with Gasteiger partial charge in [-0.1, -0.05) is 44.2 Å². The molecule has 0 saturated carbocycles. The summed E-state index contributed by atoms with van der Waals surface area (Å²) in [6, 6.07) is 10.9. The van der Waals surface area contributed by atoms with Crippen molar-refractivity contribution >= 4 is 0 Å². The van der Waals surface area contributed by atoms with Crippen LogP contribution in [0.5, 0.6) is 0 Å². The minimum Gasteiger partial charge on any atom is -0.292 e. The maximum Gasteiger partial charge on any atom is 0.0816 e. The maximum atomic E-state index is 6.31. The van der Waals surface area contributed by atoms with Crippen molar-refractivity contribution in [1.29, 1.82) is 0 Å². The van der Waals surface area contributed by atoms with Gasteiger partial charge in [0.05, 0.1) is 11.6 Å². The van der Waals surface area contributed by atoms with E-state index in [0.29, 0.717) is 5.92 Å². The Morgan fingerprint density at radius 3 is 1.75 bits per heavy atom. The molecule has 2 nitrogen and oxygen atoms in total. The molecule has 0 N–H and O–H groups in total. The van der Waals surface area contributed by atoms with Gasteiger partial charge in [0.15, 0.2) is 0 Å². The van der Waals surface area contributed by atoms with E-state index < -0.39 is 0 Å². The van der Waals surface area contributed by atoms with Gasteiger partial charge in [-0.3, -0.25) is 4.84 Å². The fraction of sp³-hybridized carbons (Fsp3) is 0.667. The topological polar surface area (TPSA) is 12.5 Å². The highest BCUT2D eigenvalue weighted by Gasteiger charge is 2.35. The molecule has 0 radical (unpaired) electrons. The first-order valence-electron chi connectivity index (χ1n) is 7.56. The van der Waals surface area contributed by atoms with E-state index >= 15 is 0 Å². The van der Waals surface area contributed by atoms with Crippen LogP contribution in [0.2, 0.25) is 0 Å². The number of nitrogens with zero attached hydrogens (tertiary/aromatic N) is 1. The molecule has 20 heavy (non-hydrogen) atoms. The predicted octanol–water partition coefficient (Wildman–Crippen LogP) is 5.21. The van der Waals surface area contributed by atoms with E-state index in [1.165, 1.54) is 5.56 Å². The van der Waals surface area contributed by atoms with E-state index in [1.807, 2.05) is 0 Å². The Balaban J connectivity index is 3.19. The summed E-state index contributed by atoms with van der Waals surface area (Å²) in [4.78, 5) is 6.31. The van der Waals surface area contributed by atoms with Crippen LogP contribution in [-0.2, 0) is 4.84 Å². The van der Waals surface area contributed by atoms with Crippen molar-refractivity contribution in [3.63, 3.8) is 0 Å². The van der Waals surface area contributed by atoms with Gasteiger partial charge in [-0.15, -0.1) is 0 Å². The van der Waals surface area contributed by atoms with Gasteiger partial charge in [0, 0.05) is 5.54 Å². The minimum absolute atomic E-state index is 0.0575. The molecule has 0 aliphatic carbocycles. The molecule has 0 heterocycles. The Bertz CT molecular complexity index is 398. The number of benzene rings is 1. The molecule has 0 spiro atoms. The Hall–Kier alpha value is -0.860. The Morgan fingerprint density at radius 1 is 0.900 bits per heavy atom. The van der Waals surface area contributed by atoms with E-state index in [1.54, 1.807) is 0 Å². The molecule has 1 unspecified atom stereocenters. The first-order valence-corrected chi connectivity index (χ1v) is 7.56. The first kappa shape index (κ1) is 17.2. The largest absolute Gasteiger partial charge is 0.292 e. The fourth-order valence-corrected chi connectivity index (χ4v) is 2.35. The number of hydroxylamine groups is 2.